The van der Waals surface area contributed by atoms with Crippen molar-refractivity contribution in [2.45, 2.75) is 52.0 Å². The number of fused-ring (bicyclic) bond motifs is 1. The molecule has 0 fully saturated rings. The predicted octanol–water partition coefficient (Wildman–Crippen LogP) is 3.94. The van der Waals surface area contributed by atoms with E-state index in [-0.39, 0.29) is 0 Å². The van der Waals surface area contributed by atoms with Crippen molar-refractivity contribution in [1.82, 2.24) is 19.7 Å². The molecule has 20 heavy (non-hydrogen) atoms. The maximum absolute atomic E-state index is 4.35. The summed E-state index contributed by atoms with van der Waals surface area (Å²) in [6, 6.07) is 0. The van der Waals surface area contributed by atoms with Crippen LogP contribution < -0.4 is 5.32 Å². The molecule has 2 aromatic heterocycles. The maximum atomic E-state index is 4.35. The van der Waals surface area contributed by atoms with Gasteiger partial charge in [0.05, 0.1) is 18.1 Å². The molecule has 0 saturated carbocycles. The SMILES string of the molecule is CCCCCCCCNCc1cnc2cnc(Br)cn12. The maximum Gasteiger partial charge on any atom is 0.155 e. The van der Waals surface area contributed by atoms with Gasteiger partial charge >= 0.3 is 0 Å². The van der Waals surface area contributed by atoms with Crippen molar-refractivity contribution in [1.29, 1.82) is 0 Å². The number of nitrogens with zero attached hydrogens (tertiary/aromatic N) is 3. The van der Waals surface area contributed by atoms with E-state index in [1.165, 1.54) is 44.2 Å². The number of hydrogen-bond acceptors (Lipinski definition) is 3. The average Bonchev–Trinajstić information content (AvgIpc) is 2.84. The number of aromatic nitrogens is 3. The molecule has 0 aliphatic heterocycles. The van der Waals surface area contributed by atoms with Crippen LogP contribution in [0.3, 0.4) is 0 Å². The second kappa shape index (κ2) is 8.37. The number of nitrogens with one attached hydrogen (secondary N) is 1. The van der Waals surface area contributed by atoms with E-state index in [0.29, 0.717) is 0 Å². The third kappa shape index (κ3) is 4.56. The molecular weight excluding hydrogens is 316 g/mol. The van der Waals surface area contributed by atoms with E-state index in [1.807, 2.05) is 12.4 Å². The van der Waals surface area contributed by atoms with Gasteiger partial charge in [-0.3, -0.25) is 4.40 Å². The second-order valence-electron chi connectivity index (χ2n) is 5.13. The Morgan fingerprint density at radius 2 is 1.90 bits per heavy atom. The van der Waals surface area contributed by atoms with Crippen LogP contribution in [-0.2, 0) is 6.54 Å². The highest BCUT2D eigenvalue weighted by Crippen LogP contribution is 2.10. The molecule has 1 N–H and O–H groups in total. The highest BCUT2D eigenvalue weighted by Gasteiger charge is 2.03. The molecule has 0 amide bonds. The lowest BCUT2D eigenvalue weighted by Gasteiger charge is -2.05. The highest BCUT2D eigenvalue weighted by molar-refractivity contribution is 9.10. The zero-order valence-electron chi connectivity index (χ0n) is 12.1. The van der Waals surface area contributed by atoms with E-state index < -0.39 is 0 Å². The standard InChI is InChI=1S/C15H23BrN4/c1-2-3-4-5-6-7-8-17-9-13-10-19-15-11-18-14(16)12-20(13)15/h10-12,17H,2-9H2,1H3. The van der Waals surface area contributed by atoms with Gasteiger partial charge < -0.3 is 5.32 Å². The molecule has 0 unspecified atom stereocenters. The van der Waals surface area contributed by atoms with Gasteiger partial charge in [0.25, 0.3) is 0 Å². The minimum Gasteiger partial charge on any atom is -0.311 e. The van der Waals surface area contributed by atoms with Crippen LogP contribution in [0.25, 0.3) is 5.65 Å². The Balaban J connectivity index is 1.69. The molecule has 0 aliphatic carbocycles. The van der Waals surface area contributed by atoms with Gasteiger partial charge in [-0.25, -0.2) is 9.97 Å². The van der Waals surface area contributed by atoms with Gasteiger partial charge in [-0.2, -0.15) is 0 Å². The molecule has 5 heteroatoms. The number of hydrogen-bond donors (Lipinski definition) is 1. The Labute approximate surface area is 129 Å². The van der Waals surface area contributed by atoms with Crippen molar-refractivity contribution < 1.29 is 0 Å². The minimum absolute atomic E-state index is 0.833. The van der Waals surface area contributed by atoms with Crippen molar-refractivity contribution in [3.63, 3.8) is 0 Å². The molecule has 2 aromatic rings. The summed E-state index contributed by atoms with van der Waals surface area (Å²) in [5, 5.41) is 3.49. The van der Waals surface area contributed by atoms with Gasteiger partial charge in [0.1, 0.15) is 4.60 Å². The first-order valence-electron chi connectivity index (χ1n) is 7.49. The molecule has 4 nitrogen and oxygen atoms in total. The third-order valence-corrected chi connectivity index (χ3v) is 3.86. The zero-order chi connectivity index (χ0) is 14.2. The van der Waals surface area contributed by atoms with Crippen LogP contribution in [0.4, 0.5) is 0 Å². The lowest BCUT2D eigenvalue weighted by Crippen LogP contribution is -2.15. The topological polar surface area (TPSA) is 42.2 Å². The molecular formula is C15H23BrN4. The van der Waals surface area contributed by atoms with Crippen LogP contribution in [0, 0.1) is 0 Å². The lowest BCUT2D eigenvalue weighted by molar-refractivity contribution is 0.568. The highest BCUT2D eigenvalue weighted by atomic mass is 79.9. The average molecular weight is 339 g/mol. The number of rotatable bonds is 9. The van der Waals surface area contributed by atoms with Gasteiger partial charge in [-0.05, 0) is 28.9 Å². The predicted molar refractivity (Wildman–Crippen MR) is 85.8 cm³/mol. The Morgan fingerprint density at radius 1 is 1.10 bits per heavy atom. The van der Waals surface area contributed by atoms with Gasteiger partial charge in [-0.1, -0.05) is 39.0 Å². The van der Waals surface area contributed by atoms with Crippen LogP contribution >= 0.6 is 15.9 Å². The first-order chi connectivity index (χ1) is 9.81. The van der Waals surface area contributed by atoms with Crippen molar-refractivity contribution in [3.8, 4) is 0 Å². The Kier molecular flexibility index (Phi) is 6.47. The summed E-state index contributed by atoms with van der Waals surface area (Å²) in [5.41, 5.74) is 2.07. The van der Waals surface area contributed by atoms with Crippen molar-refractivity contribution in [3.05, 3.63) is 28.9 Å². The number of imidazole rings is 1. The fourth-order valence-corrected chi connectivity index (χ4v) is 2.60. The largest absolute Gasteiger partial charge is 0.311 e. The summed E-state index contributed by atoms with van der Waals surface area (Å²) in [7, 11) is 0. The van der Waals surface area contributed by atoms with E-state index in [1.54, 1.807) is 6.20 Å². The van der Waals surface area contributed by atoms with E-state index in [2.05, 4.69) is 42.5 Å². The van der Waals surface area contributed by atoms with Crippen LogP contribution in [0.15, 0.2) is 23.2 Å². The second-order valence-corrected chi connectivity index (χ2v) is 5.94. The molecule has 110 valence electrons. The zero-order valence-corrected chi connectivity index (χ0v) is 13.7. The van der Waals surface area contributed by atoms with Crippen LogP contribution in [-0.4, -0.2) is 20.9 Å². The molecule has 2 heterocycles. The van der Waals surface area contributed by atoms with E-state index in [0.717, 1.165) is 23.3 Å². The van der Waals surface area contributed by atoms with E-state index >= 15 is 0 Å². The monoisotopic (exact) mass is 338 g/mol. The lowest BCUT2D eigenvalue weighted by atomic mass is 10.1. The Hall–Kier alpha value is -0.940. The van der Waals surface area contributed by atoms with Crippen molar-refractivity contribution in [2.75, 3.05) is 6.54 Å². The van der Waals surface area contributed by atoms with Gasteiger partial charge in [0.15, 0.2) is 5.65 Å². The van der Waals surface area contributed by atoms with Gasteiger partial charge in [0.2, 0.25) is 0 Å². The molecule has 0 spiro atoms. The van der Waals surface area contributed by atoms with Gasteiger partial charge in [0, 0.05) is 12.7 Å². The smallest absolute Gasteiger partial charge is 0.155 e. The first kappa shape index (κ1) is 15.4. The summed E-state index contributed by atoms with van der Waals surface area (Å²) >= 11 is 3.39. The summed E-state index contributed by atoms with van der Waals surface area (Å²) in [5.74, 6) is 0. The molecule has 0 atom stereocenters. The van der Waals surface area contributed by atoms with E-state index in [9.17, 15) is 0 Å². The summed E-state index contributed by atoms with van der Waals surface area (Å²) in [6.07, 6.45) is 13.7. The third-order valence-electron chi connectivity index (χ3n) is 3.45. The summed E-state index contributed by atoms with van der Waals surface area (Å²) in [6.45, 7) is 4.18. The van der Waals surface area contributed by atoms with Crippen LogP contribution in [0.5, 0.6) is 0 Å². The fraction of sp³-hybridized carbons (Fsp3) is 0.600. The fourth-order valence-electron chi connectivity index (χ4n) is 2.29. The van der Waals surface area contributed by atoms with Crippen LogP contribution in [0.2, 0.25) is 0 Å². The summed E-state index contributed by atoms with van der Waals surface area (Å²) in [4.78, 5) is 8.53. The number of unbranched alkanes of at least 4 members (excludes halogenated alkanes) is 5. The minimum atomic E-state index is 0.833. The van der Waals surface area contributed by atoms with Crippen molar-refractivity contribution in [2.24, 2.45) is 0 Å². The van der Waals surface area contributed by atoms with Gasteiger partial charge in [-0.15, -0.1) is 0 Å². The normalized spacial score (nSPS) is 11.3. The van der Waals surface area contributed by atoms with Crippen LogP contribution in [0.1, 0.15) is 51.1 Å². The molecule has 0 radical (unpaired) electrons. The summed E-state index contributed by atoms with van der Waals surface area (Å²) < 4.78 is 2.91. The van der Waals surface area contributed by atoms with E-state index in [4.69, 9.17) is 0 Å². The Bertz CT molecular complexity index is 524. The number of halogens is 1. The molecule has 0 aromatic carbocycles. The molecule has 2 rings (SSSR count). The molecule has 0 bridgehead atoms. The quantitative estimate of drug-likeness (QED) is 0.704. The Morgan fingerprint density at radius 3 is 2.75 bits per heavy atom. The molecule has 0 saturated heterocycles. The molecule has 0 aliphatic rings. The first-order valence-corrected chi connectivity index (χ1v) is 8.28. The van der Waals surface area contributed by atoms with Crippen molar-refractivity contribution >= 4 is 21.6 Å².